The van der Waals surface area contributed by atoms with Crippen LogP contribution in [0.4, 0.5) is 18.3 Å². The first kappa shape index (κ1) is 22.3. The van der Waals surface area contributed by atoms with Crippen LogP contribution in [0.1, 0.15) is 5.56 Å². The zero-order chi connectivity index (χ0) is 22.7. The molecule has 4 rings (SSSR count). The van der Waals surface area contributed by atoms with E-state index in [1.165, 1.54) is 34.1 Å². The molecule has 32 heavy (non-hydrogen) atoms. The number of halogens is 4. The molecule has 4 aromatic rings. The van der Waals surface area contributed by atoms with Gasteiger partial charge < -0.3 is 5.32 Å². The van der Waals surface area contributed by atoms with E-state index in [-0.39, 0.29) is 28.3 Å². The number of nitrogens with one attached hydrogen (secondary N) is 1. The summed E-state index contributed by atoms with van der Waals surface area (Å²) in [6.45, 7) is 0. The van der Waals surface area contributed by atoms with Gasteiger partial charge in [-0.25, -0.2) is 4.98 Å². The third kappa shape index (κ3) is 4.95. The minimum Gasteiger partial charge on any atom is -0.301 e. The number of hydrogen-bond donors (Lipinski definition) is 1. The lowest BCUT2D eigenvalue weighted by Gasteiger charge is -2.16. The lowest BCUT2D eigenvalue weighted by molar-refractivity contribution is -0.137. The van der Waals surface area contributed by atoms with Gasteiger partial charge in [0.25, 0.3) is 0 Å². The molecule has 0 aliphatic carbocycles. The number of thiazole rings is 1. The van der Waals surface area contributed by atoms with Gasteiger partial charge in [-0.3, -0.25) is 9.36 Å². The van der Waals surface area contributed by atoms with Crippen molar-refractivity contribution in [2.45, 2.75) is 11.3 Å². The fourth-order valence-electron chi connectivity index (χ4n) is 2.87. The molecule has 12 heteroatoms. The third-order valence-electron chi connectivity index (χ3n) is 4.18. The van der Waals surface area contributed by atoms with Crippen LogP contribution >= 0.6 is 34.7 Å². The highest BCUT2D eigenvalue weighted by Crippen LogP contribution is 2.37. The van der Waals surface area contributed by atoms with Gasteiger partial charge >= 0.3 is 6.18 Å². The summed E-state index contributed by atoms with van der Waals surface area (Å²) in [5.41, 5.74) is -0.513. The number of hydrogen-bond acceptors (Lipinski definition) is 6. The molecule has 1 N–H and O–H groups in total. The molecular weight excluding hydrogens is 483 g/mol. The van der Waals surface area contributed by atoms with E-state index in [4.69, 9.17) is 11.6 Å². The molecule has 2 aromatic carbocycles. The van der Waals surface area contributed by atoms with E-state index < -0.39 is 11.7 Å². The van der Waals surface area contributed by atoms with Gasteiger partial charge in [0.05, 0.1) is 17.0 Å². The van der Waals surface area contributed by atoms with Crippen molar-refractivity contribution in [1.29, 1.82) is 0 Å². The van der Waals surface area contributed by atoms with E-state index in [0.717, 1.165) is 17.8 Å². The van der Waals surface area contributed by atoms with Gasteiger partial charge in [-0.05, 0) is 24.3 Å². The first-order chi connectivity index (χ1) is 15.3. The average Bonchev–Trinajstić information content (AvgIpc) is 3.41. The minimum atomic E-state index is -4.60. The standard InChI is InChI=1S/C20H13ClF3N5OS2/c21-13-5-3-4-12(10-13)17-27-28-19(32-11-16(30)26-18-25-8-9-31-18)29(17)15-7-2-1-6-14(15)20(22,23)24/h1-10H,11H2,(H,25,26,30). The monoisotopic (exact) mass is 495 g/mol. The largest absolute Gasteiger partial charge is 0.418 e. The summed E-state index contributed by atoms with van der Waals surface area (Å²) in [6.07, 6.45) is -3.05. The first-order valence-electron chi connectivity index (χ1n) is 9.03. The number of para-hydroxylation sites is 1. The Labute approximate surface area is 193 Å². The topological polar surface area (TPSA) is 72.7 Å². The molecular formula is C20H13ClF3N5OS2. The van der Waals surface area contributed by atoms with Gasteiger partial charge in [0.15, 0.2) is 16.1 Å². The van der Waals surface area contributed by atoms with Crippen LogP contribution in [0.25, 0.3) is 17.1 Å². The molecule has 0 spiro atoms. The smallest absolute Gasteiger partial charge is 0.301 e. The Bertz CT molecular complexity index is 1240. The highest BCUT2D eigenvalue weighted by molar-refractivity contribution is 7.99. The fraction of sp³-hybridized carbons (Fsp3) is 0.100. The number of carbonyl (C=O) groups is 1. The van der Waals surface area contributed by atoms with Crippen molar-refractivity contribution >= 4 is 45.7 Å². The maximum absolute atomic E-state index is 13.7. The van der Waals surface area contributed by atoms with Crippen molar-refractivity contribution < 1.29 is 18.0 Å². The van der Waals surface area contributed by atoms with Crippen LogP contribution in [0, 0.1) is 0 Å². The third-order valence-corrected chi connectivity index (χ3v) is 6.03. The van der Waals surface area contributed by atoms with Crippen molar-refractivity contribution in [3.8, 4) is 17.1 Å². The normalized spacial score (nSPS) is 11.5. The SMILES string of the molecule is O=C(CSc1nnc(-c2cccc(Cl)c2)n1-c1ccccc1C(F)(F)F)Nc1nccs1. The van der Waals surface area contributed by atoms with E-state index in [0.29, 0.717) is 15.7 Å². The van der Waals surface area contributed by atoms with E-state index >= 15 is 0 Å². The molecule has 1 amide bonds. The Balaban J connectivity index is 1.74. The Kier molecular flexibility index (Phi) is 6.49. The fourth-order valence-corrected chi connectivity index (χ4v) is 4.35. The molecule has 0 saturated carbocycles. The predicted molar refractivity (Wildman–Crippen MR) is 118 cm³/mol. The highest BCUT2D eigenvalue weighted by atomic mass is 35.5. The second-order valence-corrected chi connectivity index (χ2v) is 8.61. The zero-order valence-corrected chi connectivity index (χ0v) is 18.4. The van der Waals surface area contributed by atoms with Crippen LogP contribution in [-0.4, -0.2) is 31.4 Å². The second-order valence-electron chi connectivity index (χ2n) is 6.34. The van der Waals surface area contributed by atoms with Crippen molar-refractivity contribution in [3.05, 3.63) is 70.7 Å². The summed E-state index contributed by atoms with van der Waals surface area (Å²) in [4.78, 5) is 16.2. The van der Waals surface area contributed by atoms with Crippen molar-refractivity contribution in [1.82, 2.24) is 19.7 Å². The summed E-state index contributed by atoms with van der Waals surface area (Å²) in [5, 5.41) is 13.5. The van der Waals surface area contributed by atoms with Crippen molar-refractivity contribution in [2.24, 2.45) is 0 Å². The Morgan fingerprint density at radius 1 is 1.16 bits per heavy atom. The van der Waals surface area contributed by atoms with Crippen LogP contribution in [0.5, 0.6) is 0 Å². The Morgan fingerprint density at radius 3 is 2.69 bits per heavy atom. The van der Waals surface area contributed by atoms with Crippen LogP contribution in [0.15, 0.2) is 65.3 Å². The molecule has 0 saturated heterocycles. The summed E-state index contributed by atoms with van der Waals surface area (Å²) in [7, 11) is 0. The number of aromatic nitrogens is 4. The summed E-state index contributed by atoms with van der Waals surface area (Å²) >= 11 is 8.30. The summed E-state index contributed by atoms with van der Waals surface area (Å²) < 4.78 is 42.5. The second kappa shape index (κ2) is 9.31. The molecule has 0 bridgehead atoms. The molecule has 0 unspecified atom stereocenters. The lowest BCUT2D eigenvalue weighted by Crippen LogP contribution is -2.15. The zero-order valence-electron chi connectivity index (χ0n) is 16.0. The number of alkyl halides is 3. The summed E-state index contributed by atoms with van der Waals surface area (Å²) in [5.74, 6) is -0.290. The molecule has 6 nitrogen and oxygen atoms in total. The van der Waals surface area contributed by atoms with Crippen LogP contribution < -0.4 is 5.32 Å². The molecule has 164 valence electrons. The number of anilines is 1. The van der Waals surface area contributed by atoms with E-state index in [2.05, 4.69) is 20.5 Å². The maximum atomic E-state index is 13.7. The van der Waals surface area contributed by atoms with E-state index in [1.807, 2.05) is 0 Å². The van der Waals surface area contributed by atoms with Crippen LogP contribution in [-0.2, 0) is 11.0 Å². The Hall–Kier alpha value is -2.89. The van der Waals surface area contributed by atoms with Crippen molar-refractivity contribution in [3.63, 3.8) is 0 Å². The number of amides is 1. The molecule has 0 aliphatic rings. The molecule has 0 radical (unpaired) electrons. The van der Waals surface area contributed by atoms with Crippen molar-refractivity contribution in [2.75, 3.05) is 11.1 Å². The van der Waals surface area contributed by atoms with Gasteiger partial charge in [-0.15, -0.1) is 21.5 Å². The molecule has 0 aliphatic heterocycles. The molecule has 0 fully saturated rings. The molecule has 2 heterocycles. The van der Waals surface area contributed by atoms with Gasteiger partial charge in [0, 0.05) is 22.2 Å². The van der Waals surface area contributed by atoms with E-state index in [1.54, 1.807) is 35.8 Å². The van der Waals surface area contributed by atoms with Crippen LogP contribution in [0.2, 0.25) is 5.02 Å². The van der Waals surface area contributed by atoms with Gasteiger partial charge in [0.2, 0.25) is 5.91 Å². The average molecular weight is 496 g/mol. The lowest BCUT2D eigenvalue weighted by atomic mass is 10.1. The first-order valence-corrected chi connectivity index (χ1v) is 11.3. The van der Waals surface area contributed by atoms with Gasteiger partial charge in [0.1, 0.15) is 0 Å². The summed E-state index contributed by atoms with van der Waals surface area (Å²) in [6, 6.07) is 11.7. The van der Waals surface area contributed by atoms with Crippen LogP contribution in [0.3, 0.4) is 0 Å². The number of benzene rings is 2. The van der Waals surface area contributed by atoms with E-state index in [9.17, 15) is 18.0 Å². The number of nitrogens with zero attached hydrogens (tertiary/aromatic N) is 4. The quantitative estimate of drug-likeness (QED) is 0.342. The number of thioether (sulfide) groups is 1. The molecule has 0 atom stereocenters. The number of rotatable bonds is 6. The minimum absolute atomic E-state index is 0.0958. The van der Waals surface area contributed by atoms with Gasteiger partial charge in [-0.1, -0.05) is 47.6 Å². The number of carbonyl (C=O) groups excluding carboxylic acids is 1. The molecule has 2 aromatic heterocycles. The van der Waals surface area contributed by atoms with Gasteiger partial charge in [-0.2, -0.15) is 13.2 Å². The Morgan fingerprint density at radius 2 is 1.97 bits per heavy atom. The predicted octanol–water partition coefficient (Wildman–Crippen LogP) is 5.79. The maximum Gasteiger partial charge on any atom is 0.418 e. The highest BCUT2D eigenvalue weighted by Gasteiger charge is 2.35.